The van der Waals surface area contributed by atoms with Gasteiger partial charge in [-0.2, -0.15) is 0 Å². The van der Waals surface area contributed by atoms with E-state index in [2.05, 4.69) is 28.1 Å². The summed E-state index contributed by atoms with van der Waals surface area (Å²) in [6.45, 7) is 1.86. The van der Waals surface area contributed by atoms with Gasteiger partial charge in [0.25, 0.3) is 0 Å². The summed E-state index contributed by atoms with van der Waals surface area (Å²) in [5, 5.41) is 9.19. The zero-order valence-corrected chi connectivity index (χ0v) is 16.4. The van der Waals surface area contributed by atoms with Crippen LogP contribution >= 0.6 is 0 Å². The summed E-state index contributed by atoms with van der Waals surface area (Å²) < 4.78 is 5.59. The van der Waals surface area contributed by atoms with Crippen molar-refractivity contribution in [2.45, 2.75) is 44.0 Å². The van der Waals surface area contributed by atoms with E-state index >= 15 is 0 Å². The van der Waals surface area contributed by atoms with Gasteiger partial charge in [0, 0.05) is 19.7 Å². The van der Waals surface area contributed by atoms with Gasteiger partial charge in [0.15, 0.2) is 0 Å². The lowest BCUT2D eigenvalue weighted by Crippen LogP contribution is -2.51. The first-order valence-electron chi connectivity index (χ1n) is 10.3. The molecule has 3 unspecified atom stereocenters. The molecule has 4 rings (SSSR count). The lowest BCUT2D eigenvalue weighted by atomic mass is 9.95. The Morgan fingerprint density at radius 2 is 1.83 bits per heavy atom. The number of carbonyl (C=O) groups excluding carboxylic acids is 2. The largest absolute Gasteiger partial charge is 0.376 e. The summed E-state index contributed by atoms with van der Waals surface area (Å²) in [5.41, 5.74) is 3.15. The Labute approximate surface area is 171 Å². The van der Waals surface area contributed by atoms with E-state index in [-0.39, 0.29) is 24.0 Å². The highest BCUT2D eigenvalue weighted by molar-refractivity contribution is 5.90. The molecule has 2 heterocycles. The van der Waals surface area contributed by atoms with E-state index in [9.17, 15) is 9.59 Å². The average Bonchev–Trinajstić information content (AvgIpc) is 3.29. The summed E-state index contributed by atoms with van der Waals surface area (Å²) in [6.07, 6.45) is 2.64. The molecule has 0 spiro atoms. The highest BCUT2D eigenvalue weighted by Gasteiger charge is 2.29. The minimum Gasteiger partial charge on any atom is -0.376 e. The van der Waals surface area contributed by atoms with Crippen molar-refractivity contribution in [1.29, 1.82) is 0 Å². The molecule has 0 aromatic heterocycles. The second-order valence-corrected chi connectivity index (χ2v) is 7.64. The van der Waals surface area contributed by atoms with E-state index in [0.29, 0.717) is 19.5 Å². The molecule has 2 amide bonds. The number of amides is 2. The van der Waals surface area contributed by atoms with Crippen LogP contribution in [0.25, 0.3) is 0 Å². The van der Waals surface area contributed by atoms with Gasteiger partial charge in [0.2, 0.25) is 11.8 Å². The molecule has 2 aromatic carbocycles. The summed E-state index contributed by atoms with van der Waals surface area (Å²) >= 11 is 0. The van der Waals surface area contributed by atoms with Crippen LogP contribution in [-0.2, 0) is 27.3 Å². The first-order chi connectivity index (χ1) is 14.2. The van der Waals surface area contributed by atoms with E-state index in [4.69, 9.17) is 4.74 Å². The van der Waals surface area contributed by atoms with E-state index in [1.54, 1.807) is 0 Å². The van der Waals surface area contributed by atoms with Gasteiger partial charge >= 0.3 is 0 Å². The maximum absolute atomic E-state index is 13.0. The third kappa shape index (κ3) is 4.83. The van der Waals surface area contributed by atoms with Crippen molar-refractivity contribution in [2.24, 2.45) is 0 Å². The van der Waals surface area contributed by atoms with Crippen LogP contribution in [0.4, 0.5) is 0 Å². The fourth-order valence-corrected chi connectivity index (χ4v) is 3.95. The lowest BCUT2D eigenvalue weighted by Gasteiger charge is -2.27. The van der Waals surface area contributed by atoms with Crippen molar-refractivity contribution in [2.75, 3.05) is 13.2 Å². The number of rotatable bonds is 6. The molecule has 6 nitrogen and oxygen atoms in total. The Balaban J connectivity index is 1.43. The van der Waals surface area contributed by atoms with Crippen molar-refractivity contribution in [3.8, 4) is 0 Å². The standard InChI is InChI=1S/C23H27N3O3/c27-22(20-13-17-9-4-5-10-18(17)14-24-20)26-21(16-7-2-1-3-8-16)23(28)25-15-19-11-6-12-29-19/h1-5,7-10,19-21,24H,6,11-15H2,(H,25,28)(H,26,27). The maximum Gasteiger partial charge on any atom is 0.247 e. The van der Waals surface area contributed by atoms with E-state index in [0.717, 1.165) is 25.0 Å². The molecule has 0 saturated carbocycles. The molecule has 3 atom stereocenters. The van der Waals surface area contributed by atoms with Crippen molar-refractivity contribution >= 4 is 11.8 Å². The minimum absolute atomic E-state index is 0.0580. The number of fused-ring (bicyclic) bond motifs is 1. The van der Waals surface area contributed by atoms with Crippen molar-refractivity contribution in [3.63, 3.8) is 0 Å². The molecular formula is C23H27N3O3. The molecular weight excluding hydrogens is 366 g/mol. The smallest absolute Gasteiger partial charge is 0.247 e. The van der Waals surface area contributed by atoms with Crippen LogP contribution in [0.2, 0.25) is 0 Å². The molecule has 0 aliphatic carbocycles. The van der Waals surface area contributed by atoms with Crippen LogP contribution < -0.4 is 16.0 Å². The SMILES string of the molecule is O=C(NC(C(=O)NCC1CCCO1)c1ccccc1)C1Cc2ccccc2CN1. The van der Waals surface area contributed by atoms with Gasteiger partial charge in [-0.15, -0.1) is 0 Å². The Bertz CT molecular complexity index is 849. The first-order valence-corrected chi connectivity index (χ1v) is 10.3. The molecule has 1 saturated heterocycles. The van der Waals surface area contributed by atoms with Gasteiger partial charge in [-0.05, 0) is 36.0 Å². The van der Waals surface area contributed by atoms with Crippen LogP contribution in [0.1, 0.15) is 35.6 Å². The van der Waals surface area contributed by atoms with E-state index < -0.39 is 6.04 Å². The Morgan fingerprint density at radius 1 is 1.07 bits per heavy atom. The predicted molar refractivity (Wildman–Crippen MR) is 110 cm³/mol. The fraction of sp³-hybridized carbons (Fsp3) is 0.391. The second kappa shape index (κ2) is 9.20. The molecule has 1 fully saturated rings. The Morgan fingerprint density at radius 3 is 2.59 bits per heavy atom. The van der Waals surface area contributed by atoms with Gasteiger partial charge in [0.1, 0.15) is 6.04 Å². The van der Waals surface area contributed by atoms with Crippen molar-refractivity contribution < 1.29 is 14.3 Å². The van der Waals surface area contributed by atoms with Gasteiger partial charge in [-0.25, -0.2) is 0 Å². The van der Waals surface area contributed by atoms with Gasteiger partial charge in [-0.1, -0.05) is 54.6 Å². The topological polar surface area (TPSA) is 79.5 Å². The molecule has 152 valence electrons. The highest BCUT2D eigenvalue weighted by Crippen LogP contribution is 2.19. The Hall–Kier alpha value is -2.70. The molecule has 0 bridgehead atoms. The van der Waals surface area contributed by atoms with E-state index in [1.807, 2.05) is 42.5 Å². The summed E-state index contributed by atoms with van der Waals surface area (Å²) in [5.74, 6) is -0.378. The van der Waals surface area contributed by atoms with E-state index in [1.165, 1.54) is 11.1 Å². The van der Waals surface area contributed by atoms with Crippen LogP contribution in [0.15, 0.2) is 54.6 Å². The molecule has 2 aliphatic rings. The molecule has 0 radical (unpaired) electrons. The third-order valence-corrected chi connectivity index (χ3v) is 5.61. The van der Waals surface area contributed by atoms with Crippen molar-refractivity contribution in [1.82, 2.24) is 16.0 Å². The monoisotopic (exact) mass is 393 g/mol. The quantitative estimate of drug-likeness (QED) is 0.700. The summed E-state index contributed by atoms with van der Waals surface area (Å²) in [7, 11) is 0. The number of carbonyl (C=O) groups is 2. The maximum atomic E-state index is 13.0. The second-order valence-electron chi connectivity index (χ2n) is 7.64. The summed E-state index contributed by atoms with van der Waals surface area (Å²) in [6, 6.07) is 16.4. The lowest BCUT2D eigenvalue weighted by molar-refractivity contribution is -0.130. The molecule has 6 heteroatoms. The zero-order chi connectivity index (χ0) is 20.1. The van der Waals surface area contributed by atoms with Crippen LogP contribution in [0, 0.1) is 0 Å². The Kier molecular flexibility index (Phi) is 6.22. The molecule has 3 N–H and O–H groups in total. The average molecular weight is 393 g/mol. The summed E-state index contributed by atoms with van der Waals surface area (Å²) in [4.78, 5) is 25.9. The first kappa shape index (κ1) is 19.6. The highest BCUT2D eigenvalue weighted by atomic mass is 16.5. The number of nitrogens with one attached hydrogen (secondary N) is 3. The van der Waals surface area contributed by atoms with Crippen LogP contribution in [0.5, 0.6) is 0 Å². The third-order valence-electron chi connectivity index (χ3n) is 5.61. The number of hydrogen-bond acceptors (Lipinski definition) is 4. The fourth-order valence-electron chi connectivity index (χ4n) is 3.95. The normalized spacial score (nSPS) is 21.8. The number of hydrogen-bond donors (Lipinski definition) is 3. The van der Waals surface area contributed by atoms with Crippen LogP contribution in [0.3, 0.4) is 0 Å². The number of ether oxygens (including phenoxy) is 1. The van der Waals surface area contributed by atoms with Crippen molar-refractivity contribution in [3.05, 3.63) is 71.3 Å². The molecule has 29 heavy (non-hydrogen) atoms. The van der Waals surface area contributed by atoms with Gasteiger partial charge in [0.05, 0.1) is 12.1 Å². The zero-order valence-electron chi connectivity index (χ0n) is 16.4. The molecule has 2 aliphatic heterocycles. The van der Waals surface area contributed by atoms with Crippen LogP contribution in [-0.4, -0.2) is 37.1 Å². The molecule has 2 aromatic rings. The predicted octanol–water partition coefficient (Wildman–Crippen LogP) is 1.85. The van der Waals surface area contributed by atoms with Gasteiger partial charge < -0.3 is 20.7 Å². The number of benzene rings is 2. The minimum atomic E-state index is -0.732. The van der Waals surface area contributed by atoms with Gasteiger partial charge in [-0.3, -0.25) is 9.59 Å².